The molecule has 0 radical (unpaired) electrons. The largest absolute Gasteiger partial charge is 0.490 e. The van der Waals surface area contributed by atoms with E-state index in [4.69, 9.17) is 14.3 Å². The summed E-state index contributed by atoms with van der Waals surface area (Å²) in [6, 6.07) is 22.2. The molecule has 0 heterocycles. The molecular weight excluding hydrogens is 370 g/mol. The lowest BCUT2D eigenvalue weighted by Gasteiger charge is -2.11. The average molecular weight is 389 g/mol. The van der Waals surface area contributed by atoms with E-state index in [0.29, 0.717) is 34.8 Å². The van der Waals surface area contributed by atoms with Crippen LogP contribution < -0.4 is 9.47 Å². The quantitative estimate of drug-likeness (QED) is 0.196. The van der Waals surface area contributed by atoms with Crippen molar-refractivity contribution in [3.05, 3.63) is 95.6 Å². The second kappa shape index (κ2) is 9.85. The summed E-state index contributed by atoms with van der Waals surface area (Å²) in [4.78, 5) is 29.1. The topological polar surface area (TPSA) is 74.2 Å². The van der Waals surface area contributed by atoms with Crippen molar-refractivity contribution in [2.24, 2.45) is 5.16 Å². The minimum Gasteiger partial charge on any atom is -0.490 e. The summed E-state index contributed by atoms with van der Waals surface area (Å²) >= 11 is 0. The zero-order valence-corrected chi connectivity index (χ0v) is 15.8. The Morgan fingerprint density at radius 3 is 2.07 bits per heavy atom. The molecular formula is C23H19NO5. The van der Waals surface area contributed by atoms with Gasteiger partial charge >= 0.3 is 11.9 Å². The second-order valence-electron chi connectivity index (χ2n) is 5.87. The molecule has 0 unspecified atom stereocenters. The first-order chi connectivity index (χ1) is 14.2. The van der Waals surface area contributed by atoms with Crippen LogP contribution in [0.15, 0.2) is 84.0 Å². The maximum Gasteiger partial charge on any atom is 0.365 e. The molecule has 6 heteroatoms. The number of hydrogen-bond acceptors (Lipinski definition) is 6. The first kappa shape index (κ1) is 19.8. The maximum atomic E-state index is 12.3. The Bertz CT molecular complexity index is 1000. The van der Waals surface area contributed by atoms with Crippen LogP contribution in [0, 0.1) is 0 Å². The molecule has 0 aromatic heterocycles. The second-order valence-corrected chi connectivity index (χ2v) is 5.87. The lowest BCUT2D eigenvalue weighted by molar-refractivity contribution is 0.0519. The van der Waals surface area contributed by atoms with Crippen LogP contribution in [-0.2, 0) is 4.84 Å². The molecule has 0 saturated heterocycles. The highest BCUT2D eigenvalue weighted by Gasteiger charge is 2.13. The van der Waals surface area contributed by atoms with E-state index >= 15 is 0 Å². The van der Waals surface area contributed by atoms with E-state index < -0.39 is 11.9 Å². The normalized spacial score (nSPS) is 10.5. The Balaban J connectivity index is 1.70. The molecule has 146 valence electrons. The smallest absolute Gasteiger partial charge is 0.365 e. The van der Waals surface area contributed by atoms with Gasteiger partial charge in [-0.25, -0.2) is 9.59 Å². The Morgan fingerprint density at radius 2 is 1.45 bits per heavy atom. The molecule has 0 spiro atoms. The van der Waals surface area contributed by atoms with E-state index in [-0.39, 0.29) is 0 Å². The Morgan fingerprint density at radius 1 is 0.828 bits per heavy atom. The molecule has 0 aliphatic carbocycles. The Labute approximate surface area is 168 Å². The van der Waals surface area contributed by atoms with E-state index in [1.54, 1.807) is 66.7 Å². The van der Waals surface area contributed by atoms with Crippen molar-refractivity contribution < 1.29 is 23.9 Å². The van der Waals surface area contributed by atoms with Crippen LogP contribution in [0.5, 0.6) is 11.5 Å². The minimum absolute atomic E-state index is 0.291. The summed E-state index contributed by atoms with van der Waals surface area (Å²) in [5, 5.41) is 3.72. The summed E-state index contributed by atoms with van der Waals surface area (Å²) in [5.74, 6) is -0.362. The third-order valence-corrected chi connectivity index (χ3v) is 3.83. The van der Waals surface area contributed by atoms with Gasteiger partial charge in [0.15, 0.2) is 11.5 Å². The van der Waals surface area contributed by atoms with Crippen LogP contribution in [0.1, 0.15) is 33.2 Å². The lowest BCUT2D eigenvalue weighted by Crippen LogP contribution is -2.09. The molecule has 0 saturated carbocycles. The summed E-state index contributed by atoms with van der Waals surface area (Å²) in [6.07, 6.45) is 1.38. The number of rotatable bonds is 7. The number of nitrogens with zero attached hydrogens (tertiary/aromatic N) is 1. The minimum atomic E-state index is -0.555. The van der Waals surface area contributed by atoms with Crippen molar-refractivity contribution in [2.45, 2.75) is 6.92 Å². The van der Waals surface area contributed by atoms with E-state index in [0.717, 1.165) is 0 Å². The van der Waals surface area contributed by atoms with Gasteiger partial charge in [0.1, 0.15) is 0 Å². The van der Waals surface area contributed by atoms with Gasteiger partial charge in [0.2, 0.25) is 0 Å². The van der Waals surface area contributed by atoms with Crippen LogP contribution >= 0.6 is 0 Å². The number of carbonyl (C=O) groups is 2. The van der Waals surface area contributed by atoms with Crippen molar-refractivity contribution in [3.8, 4) is 11.5 Å². The van der Waals surface area contributed by atoms with E-state index in [2.05, 4.69) is 5.16 Å². The SMILES string of the molecule is CCOc1cc(C=NOC(=O)c2ccccc2)ccc1OC(=O)c1ccccc1. The zero-order valence-electron chi connectivity index (χ0n) is 15.8. The predicted octanol–water partition coefficient (Wildman–Crippen LogP) is 4.50. The third-order valence-electron chi connectivity index (χ3n) is 3.83. The Hall–Kier alpha value is -3.93. The summed E-state index contributed by atoms with van der Waals surface area (Å²) in [5.41, 5.74) is 1.46. The Kier molecular flexibility index (Phi) is 6.73. The number of esters is 1. The number of hydrogen-bond donors (Lipinski definition) is 0. The fourth-order valence-electron chi connectivity index (χ4n) is 2.45. The van der Waals surface area contributed by atoms with Crippen molar-refractivity contribution in [3.63, 3.8) is 0 Å². The molecule has 6 nitrogen and oxygen atoms in total. The molecule has 29 heavy (non-hydrogen) atoms. The summed E-state index contributed by atoms with van der Waals surface area (Å²) < 4.78 is 11.0. The molecule has 0 N–H and O–H groups in total. The lowest BCUT2D eigenvalue weighted by atomic mass is 10.2. The van der Waals surface area contributed by atoms with E-state index in [1.165, 1.54) is 6.21 Å². The number of oxime groups is 1. The highest BCUT2D eigenvalue weighted by molar-refractivity contribution is 5.92. The molecule has 0 fully saturated rings. The number of carbonyl (C=O) groups excluding carboxylic acids is 2. The molecule has 0 atom stereocenters. The monoisotopic (exact) mass is 389 g/mol. The molecule has 0 bridgehead atoms. The molecule has 0 aliphatic rings. The highest BCUT2D eigenvalue weighted by atomic mass is 16.7. The molecule has 0 amide bonds. The van der Waals surface area contributed by atoms with Gasteiger partial charge < -0.3 is 14.3 Å². The van der Waals surface area contributed by atoms with E-state index in [1.807, 2.05) is 19.1 Å². The number of ether oxygens (including phenoxy) is 2. The third kappa shape index (κ3) is 5.52. The van der Waals surface area contributed by atoms with Crippen LogP contribution in [0.4, 0.5) is 0 Å². The first-order valence-corrected chi connectivity index (χ1v) is 9.01. The van der Waals surface area contributed by atoms with Crippen LogP contribution in [-0.4, -0.2) is 24.8 Å². The predicted molar refractivity (Wildman–Crippen MR) is 108 cm³/mol. The van der Waals surface area contributed by atoms with Gasteiger partial charge in [0, 0.05) is 5.56 Å². The number of benzene rings is 3. The van der Waals surface area contributed by atoms with Gasteiger partial charge in [-0.15, -0.1) is 0 Å². The van der Waals surface area contributed by atoms with Gasteiger partial charge in [-0.1, -0.05) is 41.6 Å². The molecule has 0 aliphatic heterocycles. The van der Waals surface area contributed by atoms with Crippen molar-refractivity contribution in [2.75, 3.05) is 6.61 Å². The standard InChI is InChI=1S/C23H19NO5/c1-2-27-21-15-17(16-24-29-23(26)19-11-7-4-8-12-19)13-14-20(21)28-22(25)18-9-5-3-6-10-18/h3-16H,2H2,1H3. The fourth-order valence-corrected chi connectivity index (χ4v) is 2.45. The van der Waals surface area contributed by atoms with Gasteiger partial charge in [0.25, 0.3) is 0 Å². The van der Waals surface area contributed by atoms with Crippen molar-refractivity contribution in [1.29, 1.82) is 0 Å². The highest BCUT2D eigenvalue weighted by Crippen LogP contribution is 2.29. The van der Waals surface area contributed by atoms with Gasteiger partial charge in [-0.2, -0.15) is 0 Å². The van der Waals surface area contributed by atoms with Crippen LogP contribution in [0.2, 0.25) is 0 Å². The van der Waals surface area contributed by atoms with Crippen LogP contribution in [0.25, 0.3) is 0 Å². The fraction of sp³-hybridized carbons (Fsp3) is 0.0870. The molecule has 3 rings (SSSR count). The average Bonchev–Trinajstić information content (AvgIpc) is 2.76. The first-order valence-electron chi connectivity index (χ1n) is 9.01. The maximum absolute atomic E-state index is 12.3. The van der Waals surface area contributed by atoms with Gasteiger partial charge in [-0.05, 0) is 49.4 Å². The summed E-state index contributed by atoms with van der Waals surface area (Å²) in [6.45, 7) is 2.21. The van der Waals surface area contributed by atoms with Gasteiger partial charge in [-0.3, -0.25) is 0 Å². The molecule has 3 aromatic rings. The van der Waals surface area contributed by atoms with Gasteiger partial charge in [0.05, 0.1) is 23.9 Å². The summed E-state index contributed by atoms with van der Waals surface area (Å²) in [7, 11) is 0. The van der Waals surface area contributed by atoms with Crippen molar-refractivity contribution in [1.82, 2.24) is 0 Å². The van der Waals surface area contributed by atoms with Crippen molar-refractivity contribution >= 4 is 18.2 Å². The van der Waals surface area contributed by atoms with Crippen LogP contribution in [0.3, 0.4) is 0 Å². The van der Waals surface area contributed by atoms with E-state index in [9.17, 15) is 9.59 Å². The molecule has 3 aromatic carbocycles. The zero-order chi connectivity index (χ0) is 20.5.